The second kappa shape index (κ2) is 5.74. The fourth-order valence-electron chi connectivity index (χ4n) is 2.45. The van der Waals surface area contributed by atoms with E-state index >= 15 is 0 Å². The van der Waals surface area contributed by atoms with Crippen molar-refractivity contribution in [3.63, 3.8) is 0 Å². The van der Waals surface area contributed by atoms with E-state index in [2.05, 4.69) is 21.2 Å². The summed E-state index contributed by atoms with van der Waals surface area (Å²) in [7, 11) is 0. The molecule has 2 rings (SSSR count). The highest BCUT2D eigenvalue weighted by molar-refractivity contribution is 9.10. The van der Waals surface area contributed by atoms with Gasteiger partial charge in [0, 0.05) is 28.8 Å². The molecule has 1 aliphatic heterocycles. The van der Waals surface area contributed by atoms with Gasteiger partial charge in [-0.05, 0) is 31.5 Å². The molecule has 1 atom stereocenters. The maximum absolute atomic E-state index is 11.9. The predicted molar refractivity (Wildman–Crippen MR) is 78.6 cm³/mol. The molecule has 19 heavy (non-hydrogen) atoms. The SMILES string of the molecule is CCC1C(=O)NCCN1c1cc(Br)ccc1C(C)=O. The smallest absolute Gasteiger partial charge is 0.242 e. The molecule has 0 spiro atoms. The summed E-state index contributed by atoms with van der Waals surface area (Å²) in [5, 5.41) is 2.87. The Hall–Kier alpha value is -1.36. The van der Waals surface area contributed by atoms with Gasteiger partial charge in [-0.15, -0.1) is 0 Å². The van der Waals surface area contributed by atoms with Gasteiger partial charge in [0.25, 0.3) is 0 Å². The number of hydrogen-bond donors (Lipinski definition) is 1. The molecule has 1 aliphatic rings. The van der Waals surface area contributed by atoms with Gasteiger partial charge in [0.05, 0.1) is 0 Å². The largest absolute Gasteiger partial charge is 0.357 e. The van der Waals surface area contributed by atoms with Crippen molar-refractivity contribution in [1.82, 2.24) is 5.32 Å². The number of hydrogen-bond acceptors (Lipinski definition) is 3. The monoisotopic (exact) mass is 324 g/mol. The number of Topliss-reactive ketones (excluding diaryl/α,β-unsaturated/α-hetero) is 1. The Kier molecular flexibility index (Phi) is 4.24. The summed E-state index contributed by atoms with van der Waals surface area (Å²) in [4.78, 5) is 25.7. The molecule has 1 aromatic carbocycles. The number of amides is 1. The highest BCUT2D eigenvalue weighted by atomic mass is 79.9. The molecule has 1 amide bonds. The van der Waals surface area contributed by atoms with Crippen molar-refractivity contribution in [3.8, 4) is 0 Å². The van der Waals surface area contributed by atoms with Gasteiger partial charge in [-0.1, -0.05) is 22.9 Å². The third-order valence-electron chi connectivity index (χ3n) is 3.37. The second-order valence-corrected chi connectivity index (χ2v) is 5.54. The highest BCUT2D eigenvalue weighted by Gasteiger charge is 2.30. The normalized spacial score (nSPS) is 19.2. The number of benzene rings is 1. The molecule has 1 aromatic rings. The highest BCUT2D eigenvalue weighted by Crippen LogP contribution is 2.28. The zero-order valence-corrected chi connectivity index (χ0v) is 12.7. The lowest BCUT2D eigenvalue weighted by atomic mass is 10.0. The molecule has 102 valence electrons. The third-order valence-corrected chi connectivity index (χ3v) is 3.86. The number of ketones is 1. The van der Waals surface area contributed by atoms with Crippen LogP contribution in [0.15, 0.2) is 22.7 Å². The number of anilines is 1. The van der Waals surface area contributed by atoms with E-state index in [1.807, 2.05) is 24.0 Å². The second-order valence-electron chi connectivity index (χ2n) is 4.63. The molecule has 0 aromatic heterocycles. The van der Waals surface area contributed by atoms with Gasteiger partial charge in [0.15, 0.2) is 5.78 Å². The maximum atomic E-state index is 11.9. The quantitative estimate of drug-likeness (QED) is 0.868. The first kappa shape index (κ1) is 14.1. The standard InChI is InChI=1S/C14H17BrN2O2/c1-3-12-14(19)16-6-7-17(12)13-8-10(15)4-5-11(13)9(2)18/h4-5,8,12H,3,6-7H2,1-2H3,(H,16,19). The van der Waals surface area contributed by atoms with Crippen LogP contribution in [0.3, 0.4) is 0 Å². The fraction of sp³-hybridized carbons (Fsp3) is 0.429. The van der Waals surface area contributed by atoms with Crippen LogP contribution in [0.1, 0.15) is 30.6 Å². The number of halogens is 1. The molecular formula is C14H17BrN2O2. The summed E-state index contributed by atoms with van der Waals surface area (Å²) in [5.74, 6) is 0.0477. The van der Waals surface area contributed by atoms with Crippen LogP contribution in [0.2, 0.25) is 0 Å². The lowest BCUT2D eigenvalue weighted by Gasteiger charge is -2.37. The number of carbonyl (C=O) groups excluding carboxylic acids is 2. The van der Waals surface area contributed by atoms with E-state index in [0.717, 1.165) is 23.1 Å². The Morgan fingerprint density at radius 2 is 2.26 bits per heavy atom. The van der Waals surface area contributed by atoms with E-state index in [-0.39, 0.29) is 17.7 Å². The maximum Gasteiger partial charge on any atom is 0.242 e. The molecule has 0 aliphatic carbocycles. The summed E-state index contributed by atoms with van der Waals surface area (Å²) in [6.07, 6.45) is 0.718. The fourth-order valence-corrected chi connectivity index (χ4v) is 2.80. The van der Waals surface area contributed by atoms with Crippen LogP contribution in [-0.4, -0.2) is 30.8 Å². The zero-order valence-electron chi connectivity index (χ0n) is 11.1. The van der Waals surface area contributed by atoms with E-state index in [4.69, 9.17) is 0 Å². The minimum atomic E-state index is -0.207. The Labute approximate surface area is 121 Å². The number of rotatable bonds is 3. The molecule has 1 heterocycles. The number of piperazine rings is 1. The van der Waals surface area contributed by atoms with E-state index in [1.165, 1.54) is 0 Å². The Morgan fingerprint density at radius 1 is 1.53 bits per heavy atom. The average molecular weight is 325 g/mol. The molecule has 1 unspecified atom stereocenters. The summed E-state index contributed by atoms with van der Waals surface area (Å²) in [5.41, 5.74) is 1.50. The van der Waals surface area contributed by atoms with E-state index < -0.39 is 0 Å². The van der Waals surface area contributed by atoms with Crippen molar-refractivity contribution in [2.45, 2.75) is 26.3 Å². The molecule has 0 bridgehead atoms. The first-order chi connectivity index (χ1) is 9.04. The van der Waals surface area contributed by atoms with Crippen LogP contribution in [0.4, 0.5) is 5.69 Å². The Balaban J connectivity index is 2.46. The Morgan fingerprint density at radius 3 is 2.89 bits per heavy atom. The van der Waals surface area contributed by atoms with Gasteiger partial charge in [-0.3, -0.25) is 9.59 Å². The van der Waals surface area contributed by atoms with Crippen molar-refractivity contribution >= 4 is 33.3 Å². The van der Waals surface area contributed by atoms with Gasteiger partial charge in [0.1, 0.15) is 6.04 Å². The average Bonchev–Trinajstić information content (AvgIpc) is 2.37. The zero-order chi connectivity index (χ0) is 14.0. The van der Waals surface area contributed by atoms with Gasteiger partial charge in [0.2, 0.25) is 5.91 Å². The molecule has 1 N–H and O–H groups in total. The van der Waals surface area contributed by atoms with Crippen LogP contribution in [-0.2, 0) is 4.79 Å². The summed E-state index contributed by atoms with van der Waals surface area (Å²) >= 11 is 3.43. The van der Waals surface area contributed by atoms with Crippen LogP contribution in [0, 0.1) is 0 Å². The van der Waals surface area contributed by atoms with Gasteiger partial charge in [-0.25, -0.2) is 0 Å². The number of nitrogens with zero attached hydrogens (tertiary/aromatic N) is 1. The lowest BCUT2D eigenvalue weighted by molar-refractivity contribution is -0.123. The molecular weight excluding hydrogens is 308 g/mol. The van der Waals surface area contributed by atoms with Crippen molar-refractivity contribution in [2.24, 2.45) is 0 Å². The van der Waals surface area contributed by atoms with E-state index in [0.29, 0.717) is 12.1 Å². The predicted octanol–water partition coefficient (Wildman–Crippen LogP) is 2.37. The molecule has 4 nitrogen and oxygen atoms in total. The number of nitrogens with one attached hydrogen (secondary N) is 1. The molecule has 5 heteroatoms. The first-order valence-electron chi connectivity index (χ1n) is 6.39. The lowest BCUT2D eigenvalue weighted by Crippen LogP contribution is -2.55. The van der Waals surface area contributed by atoms with Crippen molar-refractivity contribution in [1.29, 1.82) is 0 Å². The molecule has 1 fully saturated rings. The minimum absolute atomic E-state index is 0.0170. The minimum Gasteiger partial charge on any atom is -0.357 e. The van der Waals surface area contributed by atoms with Crippen molar-refractivity contribution in [2.75, 3.05) is 18.0 Å². The molecule has 0 radical (unpaired) electrons. The topological polar surface area (TPSA) is 49.4 Å². The molecule has 1 saturated heterocycles. The molecule has 0 saturated carbocycles. The van der Waals surface area contributed by atoms with Crippen LogP contribution in [0.25, 0.3) is 0 Å². The van der Waals surface area contributed by atoms with Crippen LogP contribution < -0.4 is 10.2 Å². The summed E-state index contributed by atoms with van der Waals surface area (Å²) in [6, 6.07) is 5.37. The van der Waals surface area contributed by atoms with Gasteiger partial charge in [-0.2, -0.15) is 0 Å². The van der Waals surface area contributed by atoms with E-state index in [1.54, 1.807) is 13.0 Å². The van der Waals surface area contributed by atoms with E-state index in [9.17, 15) is 9.59 Å². The van der Waals surface area contributed by atoms with Crippen LogP contribution in [0.5, 0.6) is 0 Å². The number of carbonyl (C=O) groups is 2. The van der Waals surface area contributed by atoms with Crippen molar-refractivity contribution in [3.05, 3.63) is 28.2 Å². The third kappa shape index (κ3) is 2.81. The summed E-state index contributed by atoms with van der Waals surface area (Å²) < 4.78 is 0.910. The van der Waals surface area contributed by atoms with Gasteiger partial charge < -0.3 is 10.2 Å². The first-order valence-corrected chi connectivity index (χ1v) is 7.18. The van der Waals surface area contributed by atoms with Crippen LogP contribution >= 0.6 is 15.9 Å². The summed E-state index contributed by atoms with van der Waals surface area (Å²) in [6.45, 7) is 4.87. The van der Waals surface area contributed by atoms with Gasteiger partial charge >= 0.3 is 0 Å². The van der Waals surface area contributed by atoms with Crippen molar-refractivity contribution < 1.29 is 9.59 Å². The Bertz CT molecular complexity index is 516.